The Balaban J connectivity index is 1.79. The Hall–Kier alpha value is -1.02. The highest BCUT2D eigenvalue weighted by atomic mass is 16.5. The predicted molar refractivity (Wildman–Crippen MR) is 78.3 cm³/mol. The first-order valence-corrected chi connectivity index (χ1v) is 7.66. The molecule has 1 heterocycles. The van der Waals surface area contributed by atoms with E-state index in [1.165, 1.54) is 36.8 Å². The monoisotopic (exact) mass is 259 g/mol. The number of rotatable bonds is 1. The van der Waals surface area contributed by atoms with Crippen LogP contribution in [-0.2, 0) is 0 Å². The topological polar surface area (TPSA) is 35.2 Å². The van der Waals surface area contributed by atoms with Crippen molar-refractivity contribution < 1.29 is 4.74 Å². The molecule has 1 aliphatic carbocycles. The van der Waals surface area contributed by atoms with E-state index in [2.05, 4.69) is 32.0 Å². The van der Waals surface area contributed by atoms with Crippen LogP contribution in [0.5, 0.6) is 5.75 Å². The van der Waals surface area contributed by atoms with E-state index in [1.807, 2.05) is 0 Å². The molecule has 1 fully saturated rings. The van der Waals surface area contributed by atoms with Crippen LogP contribution in [0.25, 0.3) is 0 Å². The van der Waals surface area contributed by atoms with Gasteiger partial charge in [-0.2, -0.15) is 0 Å². The molecular formula is C17H25NO. The van der Waals surface area contributed by atoms with Gasteiger partial charge in [0.05, 0.1) is 0 Å². The molecule has 1 aliphatic heterocycles. The lowest BCUT2D eigenvalue weighted by Gasteiger charge is -2.38. The van der Waals surface area contributed by atoms with Crippen molar-refractivity contribution in [2.24, 2.45) is 17.6 Å². The first-order valence-electron chi connectivity index (χ1n) is 7.66. The first kappa shape index (κ1) is 13.0. The Morgan fingerprint density at radius 2 is 2.05 bits per heavy atom. The second kappa shape index (κ2) is 5.16. The molecule has 2 nitrogen and oxygen atoms in total. The van der Waals surface area contributed by atoms with Gasteiger partial charge in [-0.1, -0.05) is 37.5 Å². The standard InChI is InChI=1S/C17H25NO/c1-11-4-3-5-13(8-11)17-10-15(18)14-9-12(2)6-7-16(14)19-17/h6-7,9,11,13,15,17H,3-5,8,10,18H2,1-2H3. The summed E-state index contributed by atoms with van der Waals surface area (Å²) in [6.07, 6.45) is 6.65. The molecule has 4 unspecified atom stereocenters. The van der Waals surface area contributed by atoms with Crippen molar-refractivity contribution in [3.8, 4) is 5.75 Å². The lowest BCUT2D eigenvalue weighted by atomic mass is 9.77. The van der Waals surface area contributed by atoms with Gasteiger partial charge in [-0.3, -0.25) is 0 Å². The zero-order chi connectivity index (χ0) is 13.4. The lowest BCUT2D eigenvalue weighted by molar-refractivity contribution is 0.0665. The smallest absolute Gasteiger partial charge is 0.124 e. The largest absolute Gasteiger partial charge is 0.490 e. The lowest BCUT2D eigenvalue weighted by Crippen LogP contribution is -2.37. The third kappa shape index (κ3) is 2.64. The Morgan fingerprint density at radius 3 is 2.84 bits per heavy atom. The predicted octanol–water partition coefficient (Wildman–Crippen LogP) is 3.97. The molecule has 0 aromatic heterocycles. The molecule has 1 saturated carbocycles. The second-order valence-corrected chi connectivity index (χ2v) is 6.57. The summed E-state index contributed by atoms with van der Waals surface area (Å²) in [5.74, 6) is 2.56. The summed E-state index contributed by atoms with van der Waals surface area (Å²) in [4.78, 5) is 0. The van der Waals surface area contributed by atoms with Crippen molar-refractivity contribution >= 4 is 0 Å². The first-order chi connectivity index (χ1) is 9.13. The molecule has 2 aliphatic rings. The Kier molecular flexibility index (Phi) is 3.53. The highest BCUT2D eigenvalue weighted by Crippen LogP contribution is 2.40. The second-order valence-electron chi connectivity index (χ2n) is 6.57. The molecule has 3 rings (SSSR count). The van der Waals surface area contributed by atoms with E-state index < -0.39 is 0 Å². The normalized spacial score (nSPS) is 34.5. The molecule has 0 radical (unpaired) electrons. The number of ether oxygens (including phenoxy) is 1. The number of aryl methyl sites for hydroxylation is 1. The van der Waals surface area contributed by atoms with Crippen LogP contribution in [0.1, 0.15) is 56.2 Å². The maximum Gasteiger partial charge on any atom is 0.124 e. The van der Waals surface area contributed by atoms with Crippen LogP contribution in [-0.4, -0.2) is 6.10 Å². The summed E-state index contributed by atoms with van der Waals surface area (Å²) in [7, 11) is 0. The quantitative estimate of drug-likeness (QED) is 0.828. The zero-order valence-corrected chi connectivity index (χ0v) is 12.1. The summed E-state index contributed by atoms with van der Waals surface area (Å²) in [6, 6.07) is 6.55. The van der Waals surface area contributed by atoms with Crippen molar-refractivity contribution in [1.29, 1.82) is 0 Å². The van der Waals surface area contributed by atoms with Gasteiger partial charge in [-0.25, -0.2) is 0 Å². The zero-order valence-electron chi connectivity index (χ0n) is 12.1. The van der Waals surface area contributed by atoms with Crippen molar-refractivity contribution in [3.05, 3.63) is 29.3 Å². The van der Waals surface area contributed by atoms with Gasteiger partial charge in [-0.05, 0) is 37.7 Å². The van der Waals surface area contributed by atoms with Crippen molar-refractivity contribution in [2.75, 3.05) is 0 Å². The number of hydrogen-bond donors (Lipinski definition) is 1. The molecule has 0 saturated heterocycles. The van der Waals surface area contributed by atoms with E-state index in [0.29, 0.717) is 12.0 Å². The molecule has 0 amide bonds. The molecular weight excluding hydrogens is 234 g/mol. The fraction of sp³-hybridized carbons (Fsp3) is 0.647. The van der Waals surface area contributed by atoms with Gasteiger partial charge in [-0.15, -0.1) is 0 Å². The maximum atomic E-state index is 6.37. The highest BCUT2D eigenvalue weighted by molar-refractivity contribution is 5.40. The van der Waals surface area contributed by atoms with Gasteiger partial charge < -0.3 is 10.5 Å². The van der Waals surface area contributed by atoms with E-state index in [4.69, 9.17) is 10.5 Å². The van der Waals surface area contributed by atoms with Gasteiger partial charge in [0.1, 0.15) is 11.9 Å². The van der Waals surface area contributed by atoms with Crippen molar-refractivity contribution in [1.82, 2.24) is 0 Å². The third-order valence-electron chi connectivity index (χ3n) is 4.83. The highest BCUT2D eigenvalue weighted by Gasteiger charge is 2.33. The molecule has 1 aromatic rings. The SMILES string of the molecule is Cc1ccc2c(c1)C(N)CC(C1CCCC(C)C1)O2. The van der Waals surface area contributed by atoms with E-state index >= 15 is 0 Å². The van der Waals surface area contributed by atoms with Gasteiger partial charge in [0.2, 0.25) is 0 Å². The maximum absolute atomic E-state index is 6.37. The van der Waals surface area contributed by atoms with Gasteiger partial charge in [0.25, 0.3) is 0 Å². The fourth-order valence-electron chi connectivity index (χ4n) is 3.76. The summed E-state index contributed by atoms with van der Waals surface area (Å²) in [5.41, 5.74) is 8.83. The van der Waals surface area contributed by atoms with E-state index in [0.717, 1.165) is 18.1 Å². The molecule has 1 aromatic carbocycles. The van der Waals surface area contributed by atoms with Crippen molar-refractivity contribution in [2.45, 2.75) is 58.1 Å². The summed E-state index contributed by atoms with van der Waals surface area (Å²) >= 11 is 0. The Labute approximate surface area is 116 Å². The van der Waals surface area contributed by atoms with Crippen LogP contribution >= 0.6 is 0 Å². The fourth-order valence-corrected chi connectivity index (χ4v) is 3.76. The molecule has 4 atom stereocenters. The van der Waals surface area contributed by atoms with Crippen LogP contribution in [0.4, 0.5) is 0 Å². The average molecular weight is 259 g/mol. The van der Waals surface area contributed by atoms with Gasteiger partial charge in [0, 0.05) is 18.0 Å². The Morgan fingerprint density at radius 1 is 1.21 bits per heavy atom. The minimum Gasteiger partial charge on any atom is -0.490 e. The van der Waals surface area contributed by atoms with Crippen molar-refractivity contribution in [3.63, 3.8) is 0 Å². The molecule has 0 bridgehead atoms. The molecule has 2 N–H and O–H groups in total. The van der Waals surface area contributed by atoms with Crippen LogP contribution in [0, 0.1) is 18.8 Å². The molecule has 19 heavy (non-hydrogen) atoms. The number of benzene rings is 1. The summed E-state index contributed by atoms with van der Waals surface area (Å²) in [5, 5.41) is 0. The van der Waals surface area contributed by atoms with Crippen LogP contribution in [0.2, 0.25) is 0 Å². The number of nitrogens with two attached hydrogens (primary N) is 1. The van der Waals surface area contributed by atoms with Gasteiger partial charge in [0.15, 0.2) is 0 Å². The molecule has 2 heteroatoms. The minimum absolute atomic E-state index is 0.144. The minimum atomic E-state index is 0.144. The van der Waals surface area contributed by atoms with Crippen LogP contribution < -0.4 is 10.5 Å². The number of fused-ring (bicyclic) bond motifs is 1. The number of hydrogen-bond acceptors (Lipinski definition) is 2. The Bertz CT molecular complexity index is 457. The van der Waals surface area contributed by atoms with E-state index in [9.17, 15) is 0 Å². The average Bonchev–Trinajstić information content (AvgIpc) is 2.39. The summed E-state index contributed by atoms with van der Waals surface area (Å²) < 4.78 is 6.27. The van der Waals surface area contributed by atoms with E-state index in [-0.39, 0.29) is 6.04 Å². The summed E-state index contributed by atoms with van der Waals surface area (Å²) in [6.45, 7) is 4.48. The van der Waals surface area contributed by atoms with Gasteiger partial charge >= 0.3 is 0 Å². The molecule has 104 valence electrons. The third-order valence-corrected chi connectivity index (χ3v) is 4.83. The molecule has 0 spiro atoms. The van der Waals surface area contributed by atoms with Crippen LogP contribution in [0.3, 0.4) is 0 Å². The van der Waals surface area contributed by atoms with E-state index in [1.54, 1.807) is 0 Å². The van der Waals surface area contributed by atoms with Crippen LogP contribution in [0.15, 0.2) is 18.2 Å².